The van der Waals surface area contributed by atoms with Crippen molar-refractivity contribution in [2.24, 2.45) is 5.92 Å². The summed E-state index contributed by atoms with van der Waals surface area (Å²) >= 11 is 0. The molecule has 1 aromatic carbocycles. The maximum atomic E-state index is 12.7. The Morgan fingerprint density at radius 1 is 1.14 bits per heavy atom. The smallest absolute Gasteiger partial charge is 0.237 e. The Morgan fingerprint density at radius 3 is 2.59 bits per heavy atom. The summed E-state index contributed by atoms with van der Waals surface area (Å²) in [6.45, 7) is 4.74. The first kappa shape index (κ1) is 19.7. The van der Waals surface area contributed by atoms with Crippen LogP contribution in [0.1, 0.15) is 18.4 Å². The van der Waals surface area contributed by atoms with Crippen LogP contribution in [0.3, 0.4) is 0 Å². The Kier molecular flexibility index (Phi) is 6.32. The lowest BCUT2D eigenvalue weighted by Crippen LogP contribution is -2.41. The van der Waals surface area contributed by atoms with Crippen LogP contribution >= 0.6 is 0 Å². The van der Waals surface area contributed by atoms with Crippen molar-refractivity contribution in [3.63, 3.8) is 0 Å². The van der Waals surface area contributed by atoms with Crippen LogP contribution < -0.4 is 0 Å². The van der Waals surface area contributed by atoms with Crippen LogP contribution in [0.2, 0.25) is 0 Å². The summed E-state index contributed by atoms with van der Waals surface area (Å²) in [6.07, 6.45) is 7.71. The van der Waals surface area contributed by atoms with E-state index in [1.165, 1.54) is 11.1 Å². The zero-order valence-electron chi connectivity index (χ0n) is 17.0. The highest BCUT2D eigenvalue weighted by atomic mass is 16.5. The third-order valence-electron chi connectivity index (χ3n) is 5.77. The number of ether oxygens (including phenoxy) is 1. The van der Waals surface area contributed by atoms with Crippen LogP contribution in [0.5, 0.6) is 0 Å². The number of aromatic nitrogens is 2. The van der Waals surface area contributed by atoms with Gasteiger partial charge in [-0.15, -0.1) is 0 Å². The van der Waals surface area contributed by atoms with E-state index in [2.05, 4.69) is 45.2 Å². The first-order valence-electron chi connectivity index (χ1n) is 10.3. The molecule has 0 aliphatic carbocycles. The third-order valence-corrected chi connectivity index (χ3v) is 5.77. The summed E-state index contributed by atoms with van der Waals surface area (Å²) < 4.78 is 5.24. The van der Waals surface area contributed by atoms with Gasteiger partial charge in [-0.2, -0.15) is 0 Å². The Hall–Kier alpha value is -2.57. The Morgan fingerprint density at radius 2 is 1.90 bits per heavy atom. The molecule has 2 aliphatic rings. The lowest BCUT2D eigenvalue weighted by Gasteiger charge is -2.28. The molecule has 1 amide bonds. The van der Waals surface area contributed by atoms with Gasteiger partial charge in [0.05, 0.1) is 13.2 Å². The molecule has 29 heavy (non-hydrogen) atoms. The number of carbonyl (C=O) groups is 1. The van der Waals surface area contributed by atoms with E-state index in [4.69, 9.17) is 4.74 Å². The van der Waals surface area contributed by atoms with E-state index < -0.39 is 0 Å². The van der Waals surface area contributed by atoms with Crippen LogP contribution in [0.4, 0.5) is 0 Å². The Bertz CT molecular complexity index is 851. The van der Waals surface area contributed by atoms with Crippen LogP contribution in [0.25, 0.3) is 17.0 Å². The molecule has 0 radical (unpaired) electrons. The second-order valence-electron chi connectivity index (χ2n) is 7.81. The number of methoxy groups -OCH3 is 1. The van der Waals surface area contributed by atoms with Gasteiger partial charge in [0.15, 0.2) is 5.82 Å². The van der Waals surface area contributed by atoms with Crippen molar-refractivity contribution in [3.05, 3.63) is 54.4 Å². The number of rotatable bonds is 6. The maximum Gasteiger partial charge on any atom is 0.237 e. The molecule has 4 rings (SSSR count). The number of hydrogen-bond donors (Lipinski definition) is 0. The standard InChI is InChI=1S/C23H28N4O2/c1-29-17-18-7-12-26(15-18)16-22(28)27-13-8-20(9-14-27)19-3-5-21(6-4-19)23-24-10-2-11-25-23/h2-6,8,10-11,18H,7,9,12-17H2,1H3/t18-/m0/s1. The molecule has 6 heteroatoms. The van der Waals surface area contributed by atoms with E-state index in [1.54, 1.807) is 19.5 Å². The number of nitrogens with zero attached hydrogens (tertiary/aromatic N) is 4. The van der Waals surface area contributed by atoms with Gasteiger partial charge in [0.1, 0.15) is 0 Å². The van der Waals surface area contributed by atoms with Crippen molar-refractivity contribution < 1.29 is 9.53 Å². The van der Waals surface area contributed by atoms with Gasteiger partial charge >= 0.3 is 0 Å². The topological polar surface area (TPSA) is 58.6 Å². The average molecular weight is 393 g/mol. The number of carbonyl (C=O) groups excluding carboxylic acids is 1. The molecule has 1 saturated heterocycles. The summed E-state index contributed by atoms with van der Waals surface area (Å²) in [7, 11) is 1.74. The van der Waals surface area contributed by atoms with Crippen LogP contribution in [0.15, 0.2) is 48.8 Å². The molecule has 1 aromatic heterocycles. The molecule has 0 spiro atoms. The van der Waals surface area contributed by atoms with Crippen LogP contribution in [-0.4, -0.2) is 72.1 Å². The minimum Gasteiger partial charge on any atom is -0.384 e. The van der Waals surface area contributed by atoms with Crippen molar-refractivity contribution in [1.29, 1.82) is 0 Å². The summed E-state index contributed by atoms with van der Waals surface area (Å²) in [4.78, 5) is 25.5. The lowest BCUT2D eigenvalue weighted by molar-refractivity contribution is -0.131. The quantitative estimate of drug-likeness (QED) is 0.757. The molecule has 2 aliphatic heterocycles. The minimum atomic E-state index is 0.231. The van der Waals surface area contributed by atoms with Gasteiger partial charge in [0, 0.05) is 44.7 Å². The first-order valence-corrected chi connectivity index (χ1v) is 10.3. The molecule has 1 atom stereocenters. The minimum absolute atomic E-state index is 0.231. The molecule has 152 valence electrons. The van der Waals surface area contributed by atoms with Crippen molar-refractivity contribution in [2.45, 2.75) is 12.8 Å². The molecular formula is C23H28N4O2. The van der Waals surface area contributed by atoms with E-state index in [-0.39, 0.29) is 5.91 Å². The van der Waals surface area contributed by atoms with Crippen LogP contribution in [0, 0.1) is 5.92 Å². The molecule has 1 fully saturated rings. The normalized spacial score (nSPS) is 20.0. The van der Waals surface area contributed by atoms with E-state index in [0.717, 1.165) is 50.5 Å². The Labute approximate surface area is 172 Å². The van der Waals surface area contributed by atoms with E-state index in [9.17, 15) is 4.79 Å². The number of benzene rings is 1. The molecule has 0 unspecified atom stereocenters. The summed E-state index contributed by atoms with van der Waals surface area (Å²) in [5.74, 6) is 1.53. The number of amides is 1. The monoisotopic (exact) mass is 392 g/mol. The highest BCUT2D eigenvalue weighted by Gasteiger charge is 2.26. The predicted octanol–water partition coefficient (Wildman–Crippen LogP) is 2.73. The molecule has 6 nitrogen and oxygen atoms in total. The van der Waals surface area contributed by atoms with Crippen molar-refractivity contribution in [1.82, 2.24) is 19.8 Å². The highest BCUT2D eigenvalue weighted by Crippen LogP contribution is 2.25. The fourth-order valence-corrected chi connectivity index (χ4v) is 4.16. The lowest BCUT2D eigenvalue weighted by atomic mass is 9.98. The van der Waals surface area contributed by atoms with Gasteiger partial charge < -0.3 is 9.64 Å². The number of hydrogen-bond acceptors (Lipinski definition) is 5. The van der Waals surface area contributed by atoms with Gasteiger partial charge in [-0.05, 0) is 42.5 Å². The zero-order valence-corrected chi connectivity index (χ0v) is 17.0. The molecule has 0 bridgehead atoms. The fourth-order valence-electron chi connectivity index (χ4n) is 4.16. The average Bonchev–Trinajstić information content (AvgIpc) is 3.22. The molecule has 2 aromatic rings. The molecule has 0 N–H and O–H groups in total. The summed E-state index contributed by atoms with van der Waals surface area (Å²) in [5.41, 5.74) is 3.52. The van der Waals surface area contributed by atoms with E-state index in [1.807, 2.05) is 11.0 Å². The summed E-state index contributed by atoms with van der Waals surface area (Å²) in [5, 5.41) is 0. The Balaban J connectivity index is 1.32. The van der Waals surface area contributed by atoms with Gasteiger partial charge in [-0.3, -0.25) is 9.69 Å². The van der Waals surface area contributed by atoms with E-state index >= 15 is 0 Å². The fraction of sp³-hybridized carbons (Fsp3) is 0.435. The SMILES string of the molecule is COC[C@H]1CCN(CC(=O)N2CC=C(c3ccc(-c4ncccn4)cc3)CC2)C1. The van der Waals surface area contributed by atoms with Crippen molar-refractivity contribution in [2.75, 3.05) is 46.4 Å². The zero-order chi connectivity index (χ0) is 20.1. The molecular weight excluding hydrogens is 364 g/mol. The largest absolute Gasteiger partial charge is 0.384 e. The maximum absolute atomic E-state index is 12.7. The van der Waals surface area contributed by atoms with Gasteiger partial charge in [0.2, 0.25) is 5.91 Å². The highest BCUT2D eigenvalue weighted by molar-refractivity contribution is 5.80. The van der Waals surface area contributed by atoms with E-state index in [0.29, 0.717) is 19.0 Å². The molecule has 0 saturated carbocycles. The van der Waals surface area contributed by atoms with Gasteiger partial charge in [-0.25, -0.2) is 9.97 Å². The molecule has 3 heterocycles. The second-order valence-corrected chi connectivity index (χ2v) is 7.81. The van der Waals surface area contributed by atoms with Crippen molar-refractivity contribution >= 4 is 11.5 Å². The van der Waals surface area contributed by atoms with Gasteiger partial charge in [0.25, 0.3) is 0 Å². The first-order chi connectivity index (χ1) is 14.2. The number of likely N-dealkylation sites (tertiary alicyclic amines) is 1. The predicted molar refractivity (Wildman–Crippen MR) is 113 cm³/mol. The second kappa shape index (κ2) is 9.29. The van der Waals surface area contributed by atoms with Crippen molar-refractivity contribution in [3.8, 4) is 11.4 Å². The van der Waals surface area contributed by atoms with Crippen LogP contribution in [-0.2, 0) is 9.53 Å². The third kappa shape index (κ3) is 4.89. The summed E-state index contributed by atoms with van der Waals surface area (Å²) in [6, 6.07) is 10.2. The van der Waals surface area contributed by atoms with Gasteiger partial charge in [-0.1, -0.05) is 30.3 Å².